The van der Waals surface area contributed by atoms with E-state index in [1.54, 1.807) is 85.5 Å². The fourth-order valence-corrected chi connectivity index (χ4v) is 4.28. The van der Waals surface area contributed by atoms with Crippen LogP contribution in [-0.4, -0.2) is 64.5 Å². The number of nitrogens with zero attached hydrogens (tertiary/aromatic N) is 3. The van der Waals surface area contributed by atoms with Crippen LogP contribution in [0.4, 0.5) is 4.79 Å². The molecule has 35 heavy (non-hydrogen) atoms. The van der Waals surface area contributed by atoms with Gasteiger partial charge in [0.2, 0.25) is 6.23 Å². The quantitative estimate of drug-likeness (QED) is 0.504. The highest BCUT2D eigenvalue weighted by molar-refractivity contribution is 5.88. The van der Waals surface area contributed by atoms with E-state index in [4.69, 9.17) is 9.47 Å². The van der Waals surface area contributed by atoms with Gasteiger partial charge in [-0.1, -0.05) is 60.7 Å². The maximum absolute atomic E-state index is 13.3. The lowest BCUT2D eigenvalue weighted by Crippen LogP contribution is -2.61. The number of aliphatic carboxylic acids is 1. The number of carbonyl (C=O) groups is 2. The van der Waals surface area contributed by atoms with Gasteiger partial charge in [-0.05, 0) is 31.0 Å². The van der Waals surface area contributed by atoms with Crippen molar-refractivity contribution in [3.05, 3.63) is 89.2 Å². The monoisotopic (exact) mass is 476 g/mol. The van der Waals surface area contributed by atoms with E-state index in [1.807, 2.05) is 0 Å². The van der Waals surface area contributed by atoms with Gasteiger partial charge in [0.05, 0.1) is 13.2 Å². The van der Waals surface area contributed by atoms with Crippen LogP contribution in [0.15, 0.2) is 66.7 Å². The lowest BCUT2D eigenvalue weighted by molar-refractivity contribution is -0.146. The van der Waals surface area contributed by atoms with E-state index in [0.717, 1.165) is 0 Å². The second kappa shape index (κ2) is 10.5. The first-order chi connectivity index (χ1) is 16.9. The van der Waals surface area contributed by atoms with Gasteiger partial charge in [0.25, 0.3) is 0 Å². The molecule has 1 aliphatic rings. The van der Waals surface area contributed by atoms with Crippen LogP contribution >= 0.6 is 0 Å². The Hall–Kier alpha value is -3.98. The molecule has 1 atom stereocenters. The summed E-state index contributed by atoms with van der Waals surface area (Å²) in [6.45, 7) is 5.16. The summed E-state index contributed by atoms with van der Waals surface area (Å²) >= 11 is 0. The van der Waals surface area contributed by atoms with Gasteiger partial charge in [0.1, 0.15) is 0 Å². The lowest BCUT2D eigenvalue weighted by Gasteiger charge is -2.39. The van der Waals surface area contributed by atoms with E-state index in [9.17, 15) is 14.7 Å². The molecule has 1 saturated heterocycles. The van der Waals surface area contributed by atoms with Crippen molar-refractivity contribution in [3.8, 4) is 6.01 Å². The number of amides is 2. The van der Waals surface area contributed by atoms with Crippen LogP contribution in [0.1, 0.15) is 22.5 Å². The number of benzene rings is 2. The molecule has 9 heteroatoms. The number of ether oxygens (including phenoxy) is 2. The Labute approximate surface area is 203 Å². The molecule has 0 saturated carbocycles. The van der Waals surface area contributed by atoms with Gasteiger partial charge >= 0.3 is 18.0 Å². The molecule has 1 fully saturated rings. The minimum absolute atomic E-state index is 0.0211. The van der Waals surface area contributed by atoms with Gasteiger partial charge in [0, 0.05) is 24.5 Å². The molecule has 0 bridgehead atoms. The molecule has 0 aliphatic carbocycles. The molecule has 2 heterocycles. The van der Waals surface area contributed by atoms with Crippen LogP contribution in [0.3, 0.4) is 0 Å². The molecule has 9 nitrogen and oxygen atoms in total. The maximum Gasteiger partial charge on any atom is 0.324 e. The number of carboxylic acid groups (broad SMARTS) is 1. The summed E-state index contributed by atoms with van der Waals surface area (Å²) in [5.41, 5.74) is 0.397. The first kappa shape index (κ1) is 24.2. The van der Waals surface area contributed by atoms with Gasteiger partial charge in [-0.15, -0.1) is 0 Å². The molecule has 1 aromatic heterocycles. The second-order valence-electron chi connectivity index (χ2n) is 8.33. The molecule has 2 amide bonds. The molecule has 2 aromatic carbocycles. The van der Waals surface area contributed by atoms with Crippen LogP contribution in [0, 0.1) is 13.8 Å². The van der Waals surface area contributed by atoms with E-state index >= 15 is 0 Å². The first-order valence-corrected chi connectivity index (χ1v) is 11.4. The van der Waals surface area contributed by atoms with Crippen molar-refractivity contribution in [2.45, 2.75) is 25.5 Å². The number of aromatic nitrogens is 2. The van der Waals surface area contributed by atoms with Crippen LogP contribution < -0.4 is 10.1 Å². The number of morpholine rings is 1. The van der Waals surface area contributed by atoms with Crippen molar-refractivity contribution in [3.63, 3.8) is 0 Å². The van der Waals surface area contributed by atoms with Gasteiger partial charge in [-0.2, -0.15) is 0 Å². The molecule has 0 radical (unpaired) electrons. The Bertz CT molecular complexity index is 1110. The van der Waals surface area contributed by atoms with Crippen LogP contribution in [0.2, 0.25) is 0 Å². The molecule has 182 valence electrons. The summed E-state index contributed by atoms with van der Waals surface area (Å²) < 4.78 is 11.5. The zero-order valence-electron chi connectivity index (χ0n) is 19.7. The van der Waals surface area contributed by atoms with E-state index < -0.39 is 23.6 Å². The topological polar surface area (TPSA) is 114 Å². The summed E-state index contributed by atoms with van der Waals surface area (Å²) in [5, 5.41) is 13.6. The van der Waals surface area contributed by atoms with E-state index in [2.05, 4.69) is 15.3 Å². The number of hydrogen-bond donors (Lipinski definition) is 2. The summed E-state index contributed by atoms with van der Waals surface area (Å²) in [5.74, 6) is -1.19. The summed E-state index contributed by atoms with van der Waals surface area (Å²) in [7, 11) is 0. The highest BCUT2D eigenvalue weighted by Crippen LogP contribution is 2.37. The van der Waals surface area contributed by atoms with Gasteiger partial charge in [-0.25, -0.2) is 14.8 Å². The fraction of sp³-hybridized carbons (Fsp3) is 0.308. The number of carbonyl (C=O) groups excluding carboxylic acids is 1. The SMILES string of the molecule is Cc1cc(C)nc(O[C@@H](NC(=O)N2CCOCC2)C(C(=O)O)(c2ccccc2)c2ccccc2)n1. The van der Waals surface area contributed by atoms with Crippen LogP contribution in [-0.2, 0) is 14.9 Å². The smallest absolute Gasteiger partial charge is 0.324 e. The molecule has 0 unspecified atom stereocenters. The van der Waals surface area contributed by atoms with Crippen molar-refractivity contribution in [2.75, 3.05) is 26.3 Å². The average molecular weight is 477 g/mol. The largest absolute Gasteiger partial charge is 0.480 e. The average Bonchev–Trinajstić information content (AvgIpc) is 2.85. The zero-order chi connectivity index (χ0) is 24.8. The molecule has 1 aliphatic heterocycles. The van der Waals surface area contributed by atoms with Crippen molar-refractivity contribution in [1.82, 2.24) is 20.2 Å². The summed E-state index contributed by atoms with van der Waals surface area (Å²) in [6.07, 6.45) is -1.37. The first-order valence-electron chi connectivity index (χ1n) is 11.4. The Morgan fingerprint density at radius 3 is 1.97 bits per heavy atom. The third-order valence-electron chi connectivity index (χ3n) is 5.93. The van der Waals surface area contributed by atoms with Crippen LogP contribution in [0.25, 0.3) is 0 Å². The molecule has 2 N–H and O–H groups in total. The number of nitrogens with one attached hydrogen (secondary N) is 1. The molecular weight excluding hydrogens is 448 g/mol. The maximum atomic E-state index is 13.3. The van der Waals surface area contributed by atoms with Gasteiger partial charge in [0.15, 0.2) is 5.41 Å². The Morgan fingerprint density at radius 2 is 1.49 bits per heavy atom. The minimum atomic E-state index is -1.80. The number of urea groups is 1. The number of hydrogen-bond acceptors (Lipinski definition) is 6. The molecule has 4 rings (SSSR count). The molecule has 0 spiro atoms. The predicted molar refractivity (Wildman–Crippen MR) is 128 cm³/mol. The van der Waals surface area contributed by atoms with E-state index in [-0.39, 0.29) is 6.01 Å². The highest BCUT2D eigenvalue weighted by Gasteiger charge is 2.52. The van der Waals surface area contributed by atoms with E-state index in [0.29, 0.717) is 48.8 Å². The standard InChI is InChI=1S/C26H28N4O5/c1-18-17-19(2)28-24(27-18)35-22(29-25(33)30-13-15-34-16-14-30)26(23(31)32,20-9-5-3-6-10-20)21-11-7-4-8-12-21/h3-12,17,22H,13-16H2,1-2H3,(H,29,33)(H,31,32)/t22-/m1/s1. The third-order valence-corrected chi connectivity index (χ3v) is 5.93. The summed E-state index contributed by atoms with van der Waals surface area (Å²) in [4.78, 5) is 36.8. The van der Waals surface area contributed by atoms with E-state index in [1.165, 1.54) is 0 Å². The molecular formula is C26H28N4O5. The van der Waals surface area contributed by atoms with Crippen molar-refractivity contribution in [2.24, 2.45) is 0 Å². The fourth-order valence-electron chi connectivity index (χ4n) is 4.28. The Kier molecular flexibility index (Phi) is 7.26. The minimum Gasteiger partial charge on any atom is -0.480 e. The van der Waals surface area contributed by atoms with Crippen molar-refractivity contribution >= 4 is 12.0 Å². The van der Waals surface area contributed by atoms with Crippen molar-refractivity contribution in [1.29, 1.82) is 0 Å². The number of aryl methyl sites for hydroxylation is 2. The second-order valence-corrected chi connectivity index (χ2v) is 8.33. The summed E-state index contributed by atoms with van der Waals surface area (Å²) in [6, 6.07) is 18.8. The third kappa shape index (κ3) is 5.09. The van der Waals surface area contributed by atoms with Crippen molar-refractivity contribution < 1.29 is 24.2 Å². The number of carboxylic acids is 1. The van der Waals surface area contributed by atoms with Gasteiger partial charge in [-0.3, -0.25) is 4.79 Å². The number of rotatable bonds is 7. The highest BCUT2D eigenvalue weighted by atomic mass is 16.5. The normalized spacial score (nSPS) is 14.7. The van der Waals surface area contributed by atoms with Gasteiger partial charge < -0.3 is 24.8 Å². The predicted octanol–water partition coefficient (Wildman–Crippen LogP) is 2.91. The Morgan fingerprint density at radius 1 is 0.971 bits per heavy atom. The van der Waals surface area contributed by atoms with Crippen LogP contribution in [0.5, 0.6) is 6.01 Å². The Balaban J connectivity index is 1.87. The molecule has 3 aromatic rings. The zero-order valence-corrected chi connectivity index (χ0v) is 19.7. The lowest BCUT2D eigenvalue weighted by atomic mass is 9.72.